The highest BCUT2D eigenvalue weighted by molar-refractivity contribution is 6.33. The number of hydrogen-bond donors (Lipinski definition) is 1. The van der Waals surface area contributed by atoms with Crippen molar-refractivity contribution in [3.05, 3.63) is 119 Å². The van der Waals surface area contributed by atoms with Gasteiger partial charge in [-0.1, -0.05) is 48.0 Å². The fourth-order valence-electron chi connectivity index (χ4n) is 3.06. The Kier molecular flexibility index (Phi) is 6.43. The van der Waals surface area contributed by atoms with Crippen molar-refractivity contribution in [2.75, 3.05) is 0 Å². The molecule has 158 valence electrons. The second-order valence-corrected chi connectivity index (χ2v) is 7.16. The van der Waals surface area contributed by atoms with Gasteiger partial charge in [0.1, 0.15) is 5.75 Å². The first-order chi connectivity index (χ1) is 15.6. The van der Waals surface area contributed by atoms with E-state index in [2.05, 4.69) is 10.5 Å². The number of carbonyl (C=O) groups is 2. The minimum atomic E-state index is -0.556. The maximum Gasteiger partial charge on any atom is 0.345 e. The van der Waals surface area contributed by atoms with E-state index in [1.807, 2.05) is 41.2 Å². The van der Waals surface area contributed by atoms with Crippen molar-refractivity contribution in [2.24, 2.45) is 5.10 Å². The van der Waals surface area contributed by atoms with Crippen LogP contribution in [0.5, 0.6) is 5.75 Å². The number of aromatic nitrogens is 1. The zero-order valence-corrected chi connectivity index (χ0v) is 17.6. The second-order valence-electron chi connectivity index (χ2n) is 6.75. The number of ether oxygens (including phenoxy) is 1. The molecule has 0 saturated carbocycles. The molecule has 0 atom stereocenters. The van der Waals surface area contributed by atoms with Crippen LogP contribution in [0.25, 0.3) is 5.69 Å². The Hall–Kier alpha value is -4.16. The summed E-state index contributed by atoms with van der Waals surface area (Å²) < 4.78 is 7.26. The van der Waals surface area contributed by atoms with Gasteiger partial charge < -0.3 is 9.30 Å². The molecule has 0 fully saturated rings. The Morgan fingerprint density at radius 2 is 1.59 bits per heavy atom. The van der Waals surface area contributed by atoms with Crippen LogP contribution in [0.2, 0.25) is 5.02 Å². The minimum absolute atomic E-state index is 0.279. The van der Waals surface area contributed by atoms with Crippen LogP contribution >= 0.6 is 11.6 Å². The Morgan fingerprint density at radius 1 is 0.875 bits per heavy atom. The summed E-state index contributed by atoms with van der Waals surface area (Å²) >= 11 is 6.05. The van der Waals surface area contributed by atoms with Gasteiger partial charge >= 0.3 is 5.97 Å². The first-order valence-corrected chi connectivity index (χ1v) is 10.1. The maximum atomic E-state index is 12.6. The summed E-state index contributed by atoms with van der Waals surface area (Å²) in [5.74, 6) is -0.561. The van der Waals surface area contributed by atoms with Gasteiger partial charge in [-0.25, -0.2) is 10.2 Å². The van der Waals surface area contributed by atoms with Gasteiger partial charge in [0.15, 0.2) is 0 Å². The van der Waals surface area contributed by atoms with Crippen LogP contribution in [0.15, 0.2) is 102 Å². The lowest BCUT2D eigenvalue weighted by atomic mass is 10.1. The molecular formula is C25H18ClN3O3. The molecule has 0 unspecified atom stereocenters. The van der Waals surface area contributed by atoms with E-state index in [1.54, 1.807) is 60.7 Å². The van der Waals surface area contributed by atoms with Crippen LogP contribution in [0.3, 0.4) is 0 Å². The molecule has 1 N–H and O–H groups in total. The number of hydrogen-bond acceptors (Lipinski definition) is 4. The van der Waals surface area contributed by atoms with Gasteiger partial charge in [-0.2, -0.15) is 5.10 Å². The number of amides is 1. The summed E-state index contributed by atoms with van der Waals surface area (Å²) in [6.45, 7) is 0. The van der Waals surface area contributed by atoms with Gasteiger partial charge in [0.05, 0.1) is 28.1 Å². The molecular weight excluding hydrogens is 426 g/mol. The number of carbonyl (C=O) groups excluding carboxylic acids is 2. The Balaban J connectivity index is 1.43. The molecule has 0 radical (unpaired) electrons. The lowest BCUT2D eigenvalue weighted by Gasteiger charge is -2.09. The fraction of sp³-hybridized carbons (Fsp3) is 0. The van der Waals surface area contributed by atoms with E-state index < -0.39 is 5.97 Å². The van der Waals surface area contributed by atoms with Gasteiger partial charge in [0.2, 0.25) is 0 Å². The molecule has 0 aliphatic rings. The number of halogens is 1. The summed E-state index contributed by atoms with van der Waals surface area (Å²) in [7, 11) is 0. The van der Waals surface area contributed by atoms with Gasteiger partial charge in [-0.3, -0.25) is 4.79 Å². The Labute approximate surface area is 189 Å². The van der Waals surface area contributed by atoms with Crippen molar-refractivity contribution in [3.63, 3.8) is 0 Å². The van der Waals surface area contributed by atoms with Crippen molar-refractivity contribution in [1.29, 1.82) is 0 Å². The normalized spacial score (nSPS) is 10.8. The zero-order chi connectivity index (χ0) is 22.3. The molecule has 3 aromatic carbocycles. The van der Waals surface area contributed by atoms with Crippen molar-refractivity contribution in [1.82, 2.24) is 9.99 Å². The van der Waals surface area contributed by atoms with Crippen molar-refractivity contribution in [3.8, 4) is 11.4 Å². The molecule has 1 amide bonds. The highest BCUT2D eigenvalue weighted by Crippen LogP contribution is 2.19. The van der Waals surface area contributed by atoms with E-state index in [9.17, 15) is 9.59 Å². The van der Waals surface area contributed by atoms with Crippen LogP contribution in [-0.4, -0.2) is 22.7 Å². The second kappa shape index (κ2) is 9.76. The summed E-state index contributed by atoms with van der Waals surface area (Å²) in [5.41, 5.74) is 4.70. The van der Waals surface area contributed by atoms with Gasteiger partial charge in [-0.05, 0) is 54.1 Å². The zero-order valence-electron chi connectivity index (χ0n) is 16.8. The Morgan fingerprint density at radius 3 is 2.38 bits per heavy atom. The summed E-state index contributed by atoms with van der Waals surface area (Å²) in [6.07, 6.45) is 5.21. The number of hydrazone groups is 1. The summed E-state index contributed by atoms with van der Waals surface area (Å²) in [4.78, 5) is 25.0. The number of rotatable bonds is 6. The average Bonchev–Trinajstić information content (AvgIpc) is 3.34. The number of nitrogens with zero attached hydrogens (tertiary/aromatic N) is 2. The van der Waals surface area contributed by atoms with Gasteiger partial charge in [-0.15, -0.1) is 0 Å². The molecule has 0 aliphatic carbocycles. The van der Waals surface area contributed by atoms with E-state index in [4.69, 9.17) is 16.3 Å². The molecule has 0 aliphatic heterocycles. The van der Waals surface area contributed by atoms with Crippen molar-refractivity contribution < 1.29 is 14.3 Å². The number of esters is 1. The molecule has 6 nitrogen and oxygen atoms in total. The molecule has 4 rings (SSSR count). The van der Waals surface area contributed by atoms with Crippen molar-refractivity contribution >= 4 is 29.7 Å². The number of nitrogens with one attached hydrogen (secondary N) is 1. The third-order valence-corrected chi connectivity index (χ3v) is 4.90. The quantitative estimate of drug-likeness (QED) is 0.195. The van der Waals surface area contributed by atoms with Gasteiger partial charge in [0, 0.05) is 12.4 Å². The molecule has 0 bridgehead atoms. The average molecular weight is 444 g/mol. The first kappa shape index (κ1) is 21.1. The largest absolute Gasteiger partial charge is 0.423 e. The van der Waals surface area contributed by atoms with Crippen LogP contribution in [-0.2, 0) is 0 Å². The predicted octanol–water partition coefficient (Wildman–Crippen LogP) is 5.11. The summed E-state index contributed by atoms with van der Waals surface area (Å²) in [6, 6.07) is 24.5. The third-order valence-electron chi connectivity index (χ3n) is 4.57. The number of benzene rings is 3. The first-order valence-electron chi connectivity index (χ1n) is 9.74. The lowest BCUT2D eigenvalue weighted by molar-refractivity contribution is 0.0734. The molecule has 4 aromatic rings. The molecule has 1 heterocycles. The van der Waals surface area contributed by atoms with Gasteiger partial charge in [0.25, 0.3) is 5.91 Å². The predicted molar refractivity (Wildman–Crippen MR) is 124 cm³/mol. The molecule has 1 aromatic heterocycles. The number of para-hydroxylation sites is 1. The highest BCUT2D eigenvalue weighted by atomic mass is 35.5. The molecule has 0 spiro atoms. The standard InChI is InChI=1S/C25H18ClN3O3/c26-22-12-3-1-10-20(22)25(31)32-19-9-7-8-18(16-19)17-27-28-24(30)21-11-2-4-13-23(21)29-14-5-6-15-29/h1-17H,(H,28,30). The molecule has 32 heavy (non-hydrogen) atoms. The topological polar surface area (TPSA) is 72.7 Å². The smallest absolute Gasteiger partial charge is 0.345 e. The van der Waals surface area contributed by atoms with Crippen LogP contribution in [0, 0.1) is 0 Å². The Bertz CT molecular complexity index is 1280. The van der Waals surface area contributed by atoms with E-state index >= 15 is 0 Å². The lowest BCUT2D eigenvalue weighted by Crippen LogP contribution is -2.19. The SMILES string of the molecule is O=C(Oc1cccc(C=NNC(=O)c2ccccc2-n2cccc2)c1)c1ccccc1Cl. The van der Waals surface area contributed by atoms with Crippen LogP contribution < -0.4 is 10.2 Å². The maximum absolute atomic E-state index is 12.6. The van der Waals surface area contributed by atoms with Crippen molar-refractivity contribution in [2.45, 2.75) is 0 Å². The van der Waals surface area contributed by atoms with E-state index in [0.717, 1.165) is 5.69 Å². The third kappa shape index (κ3) is 4.94. The molecule has 7 heteroatoms. The summed E-state index contributed by atoms with van der Waals surface area (Å²) in [5, 5.41) is 4.36. The van der Waals surface area contributed by atoms with Crippen LogP contribution in [0.4, 0.5) is 0 Å². The van der Waals surface area contributed by atoms with Crippen LogP contribution in [0.1, 0.15) is 26.3 Å². The molecule has 0 saturated heterocycles. The highest BCUT2D eigenvalue weighted by Gasteiger charge is 2.13. The van der Waals surface area contributed by atoms with E-state index in [1.165, 1.54) is 6.21 Å². The fourth-order valence-corrected chi connectivity index (χ4v) is 3.27. The monoisotopic (exact) mass is 443 g/mol. The van der Waals surface area contributed by atoms with E-state index in [0.29, 0.717) is 21.9 Å². The van der Waals surface area contributed by atoms with E-state index in [-0.39, 0.29) is 11.5 Å². The minimum Gasteiger partial charge on any atom is -0.423 e.